The van der Waals surface area contributed by atoms with E-state index in [1.165, 1.54) is 0 Å². The van der Waals surface area contributed by atoms with Crippen LogP contribution in [-0.2, 0) is 9.13 Å². The summed E-state index contributed by atoms with van der Waals surface area (Å²) in [6.45, 7) is 4.00. The summed E-state index contributed by atoms with van der Waals surface area (Å²) in [6, 6.07) is 0. The minimum absolute atomic E-state index is 0. The molecule has 0 aliphatic carbocycles. The third-order valence-corrected chi connectivity index (χ3v) is 0. The molecule has 0 rings (SSSR count). The summed E-state index contributed by atoms with van der Waals surface area (Å²) >= 11 is 0. The van der Waals surface area contributed by atoms with E-state index in [1.807, 2.05) is 13.8 Å². The summed E-state index contributed by atoms with van der Waals surface area (Å²) in [6.07, 6.45) is 0. The van der Waals surface area contributed by atoms with Crippen molar-refractivity contribution >= 4 is 33.2 Å². The average molecular weight is 166 g/mol. The molecule has 0 saturated heterocycles. The zero-order valence-corrected chi connectivity index (χ0v) is 6.61. The molecule has 0 atom stereocenters. The van der Waals surface area contributed by atoms with E-state index >= 15 is 0 Å². The second kappa shape index (κ2) is 80.3. The zero-order valence-electron chi connectivity index (χ0n) is 4.08. The second-order valence-corrected chi connectivity index (χ2v) is 0.224. The van der Waals surface area contributed by atoms with Crippen LogP contribution in [0.2, 0.25) is 0 Å². The molecule has 2 nitrogen and oxygen atoms in total. The predicted octanol–water partition coefficient (Wildman–Crippen LogP) is 2.49. The molecule has 0 spiro atoms. The van der Waals surface area contributed by atoms with Gasteiger partial charge in [-0.3, -0.25) is 0 Å². The summed E-state index contributed by atoms with van der Waals surface area (Å²) in [4.78, 5) is 0. The molecule has 1 radical (unpaired) electrons. The van der Waals surface area contributed by atoms with Crippen molar-refractivity contribution in [1.82, 2.24) is 0 Å². The monoisotopic (exact) mass is 165 g/mol. The van der Waals surface area contributed by atoms with Crippen LogP contribution in [0.4, 0.5) is 0 Å². The van der Waals surface area contributed by atoms with Gasteiger partial charge in [-0.25, -0.2) is 0 Å². The van der Waals surface area contributed by atoms with Crippen LogP contribution < -0.4 is 0 Å². The van der Waals surface area contributed by atoms with Gasteiger partial charge < -0.3 is 0 Å². The Balaban J connectivity index is -0.0000000105. The van der Waals surface area contributed by atoms with Crippen molar-refractivity contribution in [2.24, 2.45) is 0 Å². The van der Waals surface area contributed by atoms with E-state index in [4.69, 9.17) is 9.13 Å². The Kier molecular flexibility index (Phi) is 293. The van der Waals surface area contributed by atoms with Crippen LogP contribution in [0, 0.1) is 0 Å². The van der Waals surface area contributed by atoms with Gasteiger partial charge in [0.15, 0.2) is 0 Å². The van der Waals surface area contributed by atoms with Crippen LogP contribution in [-0.4, -0.2) is 0 Å². The zero-order chi connectivity index (χ0) is 4.71. The maximum atomic E-state index is 8.35. The van der Waals surface area contributed by atoms with Gasteiger partial charge in [0, 0.05) is 0 Å². The molecule has 0 saturated carbocycles. The Bertz CT molecular complexity index is 34.7. The van der Waals surface area contributed by atoms with Crippen molar-refractivity contribution in [3.63, 3.8) is 0 Å². The normalized spacial score (nSPS) is 2.00. The molecule has 0 aromatic rings. The van der Waals surface area contributed by atoms with Crippen molar-refractivity contribution in [1.29, 1.82) is 0 Å². The topological polar surface area (TPSA) is 34.1 Å². The van der Waals surface area contributed by atoms with Crippen LogP contribution in [0.3, 0.4) is 0 Å². The molecule has 0 fully saturated rings. The van der Waals surface area contributed by atoms with E-state index in [0.29, 0.717) is 0 Å². The Morgan fingerprint density at radius 2 is 1.00 bits per heavy atom. The summed E-state index contributed by atoms with van der Waals surface area (Å²) in [7, 11) is -1.08. The summed E-state index contributed by atoms with van der Waals surface area (Å²) in [5, 5.41) is 0. The van der Waals surface area contributed by atoms with Gasteiger partial charge in [0.1, 0.15) is 0 Å². The fourth-order valence-corrected chi connectivity index (χ4v) is 0. The van der Waals surface area contributed by atoms with Crippen molar-refractivity contribution in [2.75, 3.05) is 0 Å². The molecule has 0 aliphatic rings. The van der Waals surface area contributed by atoms with E-state index < -0.39 is 8.34 Å². The predicted molar refractivity (Wildman–Crippen MR) is 34.1 cm³/mol. The first kappa shape index (κ1) is 25.5. The molecule has 0 N–H and O–H groups in total. The summed E-state index contributed by atoms with van der Waals surface area (Å²) in [5.41, 5.74) is 0. The Hall–Kier alpha value is 0.610. The first-order valence-electron chi connectivity index (χ1n) is 1.37. The summed E-state index contributed by atoms with van der Waals surface area (Å²) in [5.74, 6) is 0. The van der Waals surface area contributed by atoms with Crippen LogP contribution >= 0.6 is 33.2 Å². The standard InChI is InChI=1S/C2H6.2ClH.O2P/c1-2;;;1-3-2/h1-2H3;2*1H;. The molecule has 0 aromatic heterocycles. The van der Waals surface area contributed by atoms with E-state index in [-0.39, 0.29) is 24.8 Å². The van der Waals surface area contributed by atoms with Gasteiger partial charge >= 0.3 is 17.5 Å². The average Bonchev–Trinajstić information content (AvgIpc) is 1.46. The van der Waals surface area contributed by atoms with Gasteiger partial charge in [-0.05, 0) is 0 Å². The molecular weight excluding hydrogens is 158 g/mol. The first-order chi connectivity index (χ1) is 2.41. The Morgan fingerprint density at radius 1 is 1.00 bits per heavy atom. The SMILES string of the molecule is CC.Cl.Cl.O=[P]=O. The van der Waals surface area contributed by atoms with Crippen LogP contribution in [0.25, 0.3) is 0 Å². The minimum atomic E-state index is -1.08. The second-order valence-electron chi connectivity index (χ2n) is 0.0745. The molecule has 0 amide bonds. The molecular formula is C2H8Cl2O2P. The molecule has 5 heteroatoms. The van der Waals surface area contributed by atoms with Gasteiger partial charge in [-0.15, -0.1) is 24.8 Å². The quantitative estimate of drug-likeness (QED) is 0.518. The number of hydrogen-bond acceptors (Lipinski definition) is 2. The van der Waals surface area contributed by atoms with Crippen molar-refractivity contribution < 1.29 is 9.13 Å². The molecule has 47 valence electrons. The van der Waals surface area contributed by atoms with Crippen molar-refractivity contribution in [2.45, 2.75) is 13.8 Å². The molecule has 0 aromatic carbocycles. The van der Waals surface area contributed by atoms with Crippen molar-refractivity contribution in [3.05, 3.63) is 0 Å². The molecule has 0 bridgehead atoms. The van der Waals surface area contributed by atoms with E-state index in [9.17, 15) is 0 Å². The van der Waals surface area contributed by atoms with Gasteiger partial charge in [-0.1, -0.05) is 13.8 Å². The first-order valence-corrected chi connectivity index (χ1v) is 2.10. The number of halogens is 2. The number of rotatable bonds is 0. The maximum absolute atomic E-state index is 8.35. The molecule has 0 unspecified atom stereocenters. The van der Waals surface area contributed by atoms with Crippen LogP contribution in [0.5, 0.6) is 0 Å². The van der Waals surface area contributed by atoms with Gasteiger partial charge in [0.2, 0.25) is 0 Å². The van der Waals surface area contributed by atoms with Crippen molar-refractivity contribution in [3.8, 4) is 0 Å². The molecule has 7 heavy (non-hydrogen) atoms. The van der Waals surface area contributed by atoms with Gasteiger partial charge in [0.05, 0.1) is 0 Å². The summed E-state index contributed by atoms with van der Waals surface area (Å²) < 4.78 is 16.7. The fourth-order valence-electron chi connectivity index (χ4n) is 0. The number of hydrogen-bond donors (Lipinski definition) is 0. The Morgan fingerprint density at radius 3 is 1.00 bits per heavy atom. The van der Waals surface area contributed by atoms with Gasteiger partial charge in [0.25, 0.3) is 0 Å². The fraction of sp³-hybridized carbons (Fsp3) is 1.00. The molecule has 0 aliphatic heterocycles. The third kappa shape index (κ3) is 378. The van der Waals surface area contributed by atoms with E-state index in [1.54, 1.807) is 0 Å². The van der Waals surface area contributed by atoms with Crippen LogP contribution in [0.15, 0.2) is 0 Å². The van der Waals surface area contributed by atoms with Gasteiger partial charge in [-0.2, -0.15) is 0 Å². The Labute approximate surface area is 56.7 Å². The van der Waals surface area contributed by atoms with E-state index in [0.717, 1.165) is 0 Å². The third-order valence-electron chi connectivity index (χ3n) is 0. The van der Waals surface area contributed by atoms with E-state index in [2.05, 4.69) is 0 Å². The van der Waals surface area contributed by atoms with Crippen LogP contribution in [0.1, 0.15) is 13.8 Å². The molecule has 0 heterocycles.